The molecular formula is C13H11BrN2S. The molecule has 2 nitrogen and oxygen atoms in total. The molecule has 0 amide bonds. The van der Waals surface area contributed by atoms with Crippen molar-refractivity contribution in [1.29, 1.82) is 0 Å². The van der Waals surface area contributed by atoms with E-state index in [4.69, 9.17) is 5.73 Å². The van der Waals surface area contributed by atoms with Crippen molar-refractivity contribution in [2.75, 3.05) is 5.73 Å². The van der Waals surface area contributed by atoms with Crippen molar-refractivity contribution in [3.8, 4) is 0 Å². The van der Waals surface area contributed by atoms with E-state index in [9.17, 15) is 0 Å². The van der Waals surface area contributed by atoms with Gasteiger partial charge < -0.3 is 10.3 Å². The number of nitrogens with zero attached hydrogens (tertiary/aromatic N) is 1. The Morgan fingerprint density at radius 1 is 1.18 bits per heavy atom. The molecule has 1 aromatic carbocycles. The van der Waals surface area contributed by atoms with Crippen molar-refractivity contribution in [3.63, 3.8) is 0 Å². The molecule has 0 spiro atoms. The largest absolute Gasteiger partial charge is 0.399 e. The van der Waals surface area contributed by atoms with Crippen LogP contribution >= 0.6 is 27.3 Å². The van der Waals surface area contributed by atoms with Gasteiger partial charge in [0.05, 0.1) is 15.8 Å². The Balaban J connectivity index is 2.03. The van der Waals surface area contributed by atoms with Crippen molar-refractivity contribution >= 4 is 43.9 Å². The van der Waals surface area contributed by atoms with Gasteiger partial charge in [0.25, 0.3) is 0 Å². The van der Waals surface area contributed by atoms with Crippen LogP contribution in [0.1, 0.15) is 4.88 Å². The van der Waals surface area contributed by atoms with Crippen LogP contribution in [0.2, 0.25) is 0 Å². The molecule has 4 heteroatoms. The summed E-state index contributed by atoms with van der Waals surface area (Å²) < 4.78 is 3.40. The molecule has 17 heavy (non-hydrogen) atoms. The first-order valence-electron chi connectivity index (χ1n) is 5.31. The number of hydrogen-bond acceptors (Lipinski definition) is 2. The quantitative estimate of drug-likeness (QED) is 0.710. The lowest BCUT2D eigenvalue weighted by Gasteiger charge is -2.03. The van der Waals surface area contributed by atoms with Crippen LogP contribution in [0.5, 0.6) is 0 Å². The van der Waals surface area contributed by atoms with Gasteiger partial charge in [-0.15, -0.1) is 11.3 Å². The first-order valence-corrected chi connectivity index (χ1v) is 6.92. The van der Waals surface area contributed by atoms with Gasteiger partial charge in [0.2, 0.25) is 0 Å². The van der Waals surface area contributed by atoms with Gasteiger partial charge >= 0.3 is 0 Å². The van der Waals surface area contributed by atoms with Crippen LogP contribution in [0, 0.1) is 0 Å². The molecule has 0 aliphatic carbocycles. The van der Waals surface area contributed by atoms with E-state index in [1.54, 1.807) is 11.3 Å². The average molecular weight is 307 g/mol. The Bertz CT molecular complexity index is 669. The molecule has 0 bridgehead atoms. The fourth-order valence-corrected chi connectivity index (χ4v) is 3.43. The standard InChI is InChI=1S/C13H11BrN2S/c14-13-4-3-11(17-13)8-16-6-5-9-1-2-10(15)7-12(9)16/h1-7H,8,15H2. The Labute approximate surface area is 112 Å². The normalized spacial score (nSPS) is 11.1. The maximum atomic E-state index is 5.83. The third-order valence-corrected chi connectivity index (χ3v) is 4.36. The molecular weight excluding hydrogens is 296 g/mol. The molecule has 2 heterocycles. The van der Waals surface area contributed by atoms with E-state index < -0.39 is 0 Å². The van der Waals surface area contributed by atoms with Gasteiger partial charge in [-0.05, 0) is 51.6 Å². The van der Waals surface area contributed by atoms with E-state index >= 15 is 0 Å². The number of halogens is 1. The number of anilines is 1. The molecule has 2 aromatic heterocycles. The zero-order valence-electron chi connectivity index (χ0n) is 9.06. The molecule has 0 aliphatic rings. The third kappa shape index (κ3) is 2.10. The monoisotopic (exact) mass is 306 g/mol. The minimum Gasteiger partial charge on any atom is -0.399 e. The van der Waals surface area contributed by atoms with Gasteiger partial charge in [-0.3, -0.25) is 0 Å². The topological polar surface area (TPSA) is 30.9 Å². The second kappa shape index (κ2) is 4.20. The second-order valence-electron chi connectivity index (χ2n) is 3.97. The van der Waals surface area contributed by atoms with E-state index in [2.05, 4.69) is 51.0 Å². The van der Waals surface area contributed by atoms with E-state index in [1.165, 1.54) is 19.6 Å². The molecule has 3 rings (SSSR count). The van der Waals surface area contributed by atoms with Crippen LogP contribution in [0.15, 0.2) is 46.4 Å². The number of aromatic nitrogens is 1. The number of nitrogen functional groups attached to an aromatic ring is 1. The fourth-order valence-electron chi connectivity index (χ4n) is 1.94. The number of hydrogen-bond donors (Lipinski definition) is 1. The maximum Gasteiger partial charge on any atom is 0.0702 e. The van der Waals surface area contributed by atoms with Crippen LogP contribution in [-0.2, 0) is 6.54 Å². The van der Waals surface area contributed by atoms with Gasteiger partial charge in [-0.25, -0.2) is 0 Å². The summed E-state index contributed by atoms with van der Waals surface area (Å²) in [5.41, 5.74) is 7.83. The lowest BCUT2D eigenvalue weighted by atomic mass is 10.2. The lowest BCUT2D eigenvalue weighted by molar-refractivity contribution is 0.852. The second-order valence-corrected chi connectivity index (χ2v) is 6.52. The first kappa shape index (κ1) is 10.9. The SMILES string of the molecule is Nc1ccc2ccn(Cc3ccc(Br)s3)c2c1. The van der Waals surface area contributed by atoms with Crippen molar-refractivity contribution in [1.82, 2.24) is 4.57 Å². The lowest BCUT2D eigenvalue weighted by Crippen LogP contribution is -1.96. The maximum absolute atomic E-state index is 5.83. The molecule has 0 atom stereocenters. The molecule has 0 aliphatic heterocycles. The summed E-state index contributed by atoms with van der Waals surface area (Å²) >= 11 is 5.25. The third-order valence-electron chi connectivity index (χ3n) is 2.75. The van der Waals surface area contributed by atoms with E-state index in [0.29, 0.717) is 0 Å². The molecule has 0 saturated heterocycles. The summed E-state index contributed by atoms with van der Waals surface area (Å²) in [7, 11) is 0. The Kier molecular flexibility index (Phi) is 2.68. The molecule has 0 fully saturated rings. The minimum atomic E-state index is 0.810. The van der Waals surface area contributed by atoms with Gasteiger partial charge in [0, 0.05) is 16.8 Å². The zero-order valence-corrected chi connectivity index (χ0v) is 11.5. The predicted molar refractivity (Wildman–Crippen MR) is 77.5 cm³/mol. The summed E-state index contributed by atoms with van der Waals surface area (Å²) in [4.78, 5) is 1.33. The van der Waals surface area contributed by atoms with Crippen molar-refractivity contribution in [2.45, 2.75) is 6.54 Å². The van der Waals surface area contributed by atoms with Gasteiger partial charge in [0.15, 0.2) is 0 Å². The highest BCUT2D eigenvalue weighted by atomic mass is 79.9. The molecule has 0 radical (unpaired) electrons. The Hall–Kier alpha value is -1.26. The number of fused-ring (bicyclic) bond motifs is 1. The Morgan fingerprint density at radius 3 is 2.82 bits per heavy atom. The van der Waals surface area contributed by atoms with Gasteiger partial charge in [-0.2, -0.15) is 0 Å². The van der Waals surface area contributed by atoms with E-state index in [0.717, 1.165) is 12.2 Å². The highest BCUT2D eigenvalue weighted by Crippen LogP contribution is 2.25. The van der Waals surface area contributed by atoms with Gasteiger partial charge in [-0.1, -0.05) is 6.07 Å². The smallest absolute Gasteiger partial charge is 0.0702 e. The minimum absolute atomic E-state index is 0.810. The molecule has 3 aromatic rings. The fraction of sp³-hybridized carbons (Fsp3) is 0.0769. The molecule has 2 N–H and O–H groups in total. The van der Waals surface area contributed by atoms with Crippen LogP contribution < -0.4 is 5.73 Å². The zero-order chi connectivity index (χ0) is 11.8. The highest BCUT2D eigenvalue weighted by molar-refractivity contribution is 9.11. The van der Waals surface area contributed by atoms with Gasteiger partial charge in [0.1, 0.15) is 0 Å². The molecule has 86 valence electrons. The van der Waals surface area contributed by atoms with E-state index in [1.807, 2.05) is 12.1 Å². The number of rotatable bonds is 2. The summed E-state index contributed by atoms with van der Waals surface area (Å²) in [5, 5.41) is 1.23. The number of nitrogens with two attached hydrogens (primary N) is 1. The van der Waals surface area contributed by atoms with Crippen molar-refractivity contribution < 1.29 is 0 Å². The average Bonchev–Trinajstić information content (AvgIpc) is 2.87. The van der Waals surface area contributed by atoms with Crippen LogP contribution in [-0.4, -0.2) is 4.57 Å². The van der Waals surface area contributed by atoms with E-state index in [-0.39, 0.29) is 0 Å². The summed E-state index contributed by atoms with van der Waals surface area (Å²) in [6, 6.07) is 12.4. The summed E-state index contributed by atoms with van der Waals surface area (Å²) in [6.07, 6.45) is 2.11. The van der Waals surface area contributed by atoms with Crippen LogP contribution in [0.3, 0.4) is 0 Å². The number of thiophene rings is 1. The van der Waals surface area contributed by atoms with Crippen LogP contribution in [0.25, 0.3) is 10.9 Å². The molecule has 0 saturated carbocycles. The predicted octanol–water partition coefficient (Wildman–Crippen LogP) is 4.10. The highest BCUT2D eigenvalue weighted by Gasteiger charge is 2.04. The van der Waals surface area contributed by atoms with Crippen molar-refractivity contribution in [3.05, 3.63) is 51.3 Å². The van der Waals surface area contributed by atoms with Crippen molar-refractivity contribution in [2.24, 2.45) is 0 Å². The van der Waals surface area contributed by atoms with Crippen LogP contribution in [0.4, 0.5) is 5.69 Å². The molecule has 0 unspecified atom stereocenters. The summed E-state index contributed by atoms with van der Waals surface area (Å²) in [6.45, 7) is 0.892. The number of benzene rings is 1. The Morgan fingerprint density at radius 2 is 2.06 bits per heavy atom. The summed E-state index contributed by atoms with van der Waals surface area (Å²) in [5.74, 6) is 0. The first-order chi connectivity index (χ1) is 8.22.